The van der Waals surface area contributed by atoms with E-state index in [1.165, 1.54) is 4.31 Å². The number of piperidine rings is 1. The molecule has 29 heavy (non-hydrogen) atoms. The van der Waals surface area contributed by atoms with Crippen molar-refractivity contribution < 1.29 is 18.3 Å². The second kappa shape index (κ2) is 7.57. The number of pyridine rings is 1. The van der Waals surface area contributed by atoms with Crippen molar-refractivity contribution in [3.8, 4) is 11.3 Å². The summed E-state index contributed by atoms with van der Waals surface area (Å²) < 4.78 is 27.5. The van der Waals surface area contributed by atoms with E-state index >= 15 is 0 Å². The summed E-state index contributed by atoms with van der Waals surface area (Å²) in [5.41, 5.74) is 3.41. The number of fused-ring (bicyclic) bond motifs is 1. The third-order valence-corrected chi connectivity index (χ3v) is 7.39. The number of para-hydroxylation sites is 1. The number of carboxylic acid groups (broad SMARTS) is 1. The average Bonchev–Trinajstić information content (AvgIpc) is 2.74. The van der Waals surface area contributed by atoms with Crippen LogP contribution in [0.4, 0.5) is 0 Å². The zero-order valence-corrected chi connectivity index (χ0v) is 16.9. The smallest absolute Gasteiger partial charge is 0.306 e. The van der Waals surface area contributed by atoms with Crippen molar-refractivity contribution in [1.82, 2.24) is 9.29 Å². The van der Waals surface area contributed by atoms with Crippen LogP contribution < -0.4 is 0 Å². The predicted octanol–water partition coefficient (Wildman–Crippen LogP) is 3.70. The van der Waals surface area contributed by atoms with Crippen LogP contribution in [0.1, 0.15) is 18.4 Å². The van der Waals surface area contributed by atoms with Crippen LogP contribution in [0.15, 0.2) is 59.5 Å². The molecule has 2 aromatic carbocycles. The topological polar surface area (TPSA) is 87.6 Å². The van der Waals surface area contributed by atoms with Gasteiger partial charge in [0.15, 0.2) is 0 Å². The number of benzene rings is 2. The summed E-state index contributed by atoms with van der Waals surface area (Å²) in [6.07, 6.45) is 0.666. The van der Waals surface area contributed by atoms with Gasteiger partial charge in [0, 0.05) is 24.0 Å². The van der Waals surface area contributed by atoms with E-state index in [4.69, 9.17) is 10.1 Å². The van der Waals surface area contributed by atoms with E-state index in [0.717, 1.165) is 27.7 Å². The molecule has 0 bridgehead atoms. The monoisotopic (exact) mass is 410 g/mol. The van der Waals surface area contributed by atoms with Gasteiger partial charge in [0.25, 0.3) is 0 Å². The number of rotatable bonds is 4. The number of aromatic nitrogens is 1. The highest BCUT2D eigenvalue weighted by molar-refractivity contribution is 7.89. The molecule has 1 N–H and O–H groups in total. The third kappa shape index (κ3) is 3.75. The molecule has 1 aliphatic heterocycles. The number of aryl methyl sites for hydroxylation is 1. The molecule has 1 fully saturated rings. The summed E-state index contributed by atoms with van der Waals surface area (Å²) >= 11 is 0. The second-order valence-electron chi connectivity index (χ2n) is 7.39. The van der Waals surface area contributed by atoms with Crippen LogP contribution in [0.5, 0.6) is 0 Å². The Kier molecular flexibility index (Phi) is 5.10. The Balaban J connectivity index is 1.66. The number of hydrogen-bond donors (Lipinski definition) is 1. The molecule has 150 valence electrons. The first-order valence-corrected chi connectivity index (χ1v) is 11.0. The molecule has 0 radical (unpaired) electrons. The minimum absolute atomic E-state index is 0.205. The molecule has 0 spiro atoms. The van der Waals surface area contributed by atoms with Gasteiger partial charge in [-0.15, -0.1) is 0 Å². The molecule has 0 aliphatic carbocycles. The molecule has 0 atom stereocenters. The van der Waals surface area contributed by atoms with Crippen molar-refractivity contribution >= 4 is 26.9 Å². The highest BCUT2D eigenvalue weighted by Gasteiger charge is 2.32. The van der Waals surface area contributed by atoms with Gasteiger partial charge in [-0.1, -0.05) is 30.3 Å². The molecule has 1 aliphatic rings. The molecule has 0 amide bonds. The molecule has 4 rings (SSSR count). The van der Waals surface area contributed by atoms with Crippen LogP contribution in [0.3, 0.4) is 0 Å². The Bertz CT molecular complexity index is 1180. The molecular weight excluding hydrogens is 388 g/mol. The van der Waals surface area contributed by atoms with Crippen molar-refractivity contribution in [3.63, 3.8) is 0 Å². The maximum absolute atomic E-state index is 13.1. The highest BCUT2D eigenvalue weighted by atomic mass is 32.2. The lowest BCUT2D eigenvalue weighted by atomic mass is 9.99. The number of hydrogen-bond acceptors (Lipinski definition) is 4. The summed E-state index contributed by atoms with van der Waals surface area (Å²) in [4.78, 5) is 16.0. The van der Waals surface area contributed by atoms with E-state index in [1.807, 2.05) is 43.3 Å². The first kappa shape index (κ1) is 19.5. The molecule has 1 aromatic heterocycles. The van der Waals surface area contributed by atoms with Crippen molar-refractivity contribution in [2.75, 3.05) is 13.1 Å². The van der Waals surface area contributed by atoms with Crippen LogP contribution in [0, 0.1) is 12.8 Å². The molecular formula is C22H22N2O4S. The van der Waals surface area contributed by atoms with Gasteiger partial charge >= 0.3 is 5.97 Å². The fourth-order valence-corrected chi connectivity index (χ4v) is 5.32. The summed E-state index contributed by atoms with van der Waals surface area (Å²) in [6, 6.07) is 16.6. The Morgan fingerprint density at radius 2 is 1.79 bits per heavy atom. The lowest BCUT2D eigenvalue weighted by Gasteiger charge is -2.29. The molecule has 0 unspecified atom stereocenters. The number of carboxylic acids is 1. The van der Waals surface area contributed by atoms with Gasteiger partial charge < -0.3 is 5.11 Å². The zero-order chi connectivity index (χ0) is 20.6. The van der Waals surface area contributed by atoms with E-state index < -0.39 is 21.9 Å². The first-order valence-electron chi connectivity index (χ1n) is 9.56. The van der Waals surface area contributed by atoms with E-state index in [0.29, 0.717) is 12.8 Å². The van der Waals surface area contributed by atoms with Crippen LogP contribution >= 0.6 is 0 Å². The van der Waals surface area contributed by atoms with E-state index in [2.05, 4.69) is 0 Å². The van der Waals surface area contributed by atoms with E-state index in [9.17, 15) is 13.2 Å². The lowest BCUT2D eigenvalue weighted by molar-refractivity contribution is -0.142. The Morgan fingerprint density at radius 3 is 2.52 bits per heavy atom. The van der Waals surface area contributed by atoms with E-state index in [-0.39, 0.29) is 18.0 Å². The maximum atomic E-state index is 13.1. The van der Waals surface area contributed by atoms with Gasteiger partial charge in [0.2, 0.25) is 10.0 Å². The second-order valence-corrected chi connectivity index (χ2v) is 9.32. The minimum atomic E-state index is -3.68. The fourth-order valence-electron chi connectivity index (χ4n) is 3.81. The van der Waals surface area contributed by atoms with Gasteiger partial charge in [-0.2, -0.15) is 4.31 Å². The van der Waals surface area contributed by atoms with E-state index in [1.54, 1.807) is 18.2 Å². The molecule has 1 saturated heterocycles. The zero-order valence-electron chi connectivity index (χ0n) is 16.1. The summed E-state index contributed by atoms with van der Waals surface area (Å²) in [5.74, 6) is -1.33. The summed E-state index contributed by atoms with van der Waals surface area (Å²) in [5, 5.41) is 10.2. The number of aliphatic carboxylic acids is 1. The molecule has 3 aromatic rings. The largest absolute Gasteiger partial charge is 0.481 e. The Hall–Kier alpha value is -2.77. The Labute approximate surface area is 169 Å². The minimum Gasteiger partial charge on any atom is -0.481 e. The van der Waals surface area contributed by atoms with Crippen molar-refractivity contribution in [2.45, 2.75) is 24.7 Å². The van der Waals surface area contributed by atoms with Crippen LogP contribution in [-0.4, -0.2) is 41.9 Å². The van der Waals surface area contributed by atoms with Crippen molar-refractivity contribution in [3.05, 3.63) is 60.2 Å². The van der Waals surface area contributed by atoms with Gasteiger partial charge in [-0.25, -0.2) is 13.4 Å². The van der Waals surface area contributed by atoms with Crippen LogP contribution in [0.25, 0.3) is 22.2 Å². The van der Waals surface area contributed by atoms with Crippen LogP contribution in [-0.2, 0) is 14.8 Å². The van der Waals surface area contributed by atoms with Gasteiger partial charge in [-0.05, 0) is 49.6 Å². The molecule has 7 heteroatoms. The molecule has 2 heterocycles. The van der Waals surface area contributed by atoms with Crippen molar-refractivity contribution in [1.29, 1.82) is 0 Å². The highest BCUT2D eigenvalue weighted by Crippen LogP contribution is 2.28. The quantitative estimate of drug-likeness (QED) is 0.709. The summed E-state index contributed by atoms with van der Waals surface area (Å²) in [6.45, 7) is 2.45. The maximum Gasteiger partial charge on any atom is 0.306 e. The lowest BCUT2D eigenvalue weighted by Crippen LogP contribution is -2.40. The van der Waals surface area contributed by atoms with Crippen LogP contribution in [0.2, 0.25) is 0 Å². The first-order chi connectivity index (χ1) is 13.9. The van der Waals surface area contributed by atoms with Gasteiger partial charge in [0.1, 0.15) is 0 Å². The fraction of sp³-hybridized carbons (Fsp3) is 0.273. The third-order valence-electron chi connectivity index (χ3n) is 5.49. The predicted molar refractivity (Wildman–Crippen MR) is 111 cm³/mol. The number of nitrogens with zero attached hydrogens (tertiary/aromatic N) is 2. The normalized spacial score (nSPS) is 16.2. The number of carbonyl (C=O) groups is 1. The number of sulfonamides is 1. The summed E-state index contributed by atoms with van der Waals surface area (Å²) in [7, 11) is -3.68. The van der Waals surface area contributed by atoms with Crippen molar-refractivity contribution in [2.24, 2.45) is 5.92 Å². The van der Waals surface area contributed by atoms with Gasteiger partial charge in [0.05, 0.1) is 22.0 Å². The average molecular weight is 410 g/mol. The molecule has 6 nitrogen and oxygen atoms in total. The standard InChI is InChI=1S/C22H22N2O4S/c1-15-13-21(23-20-8-3-2-7-19(15)20)17-5-4-6-18(14-17)29(27,28)24-11-9-16(10-12-24)22(25)26/h2-8,13-14,16H,9-12H2,1H3,(H,25,26). The van der Waals surface area contributed by atoms with Gasteiger partial charge in [-0.3, -0.25) is 4.79 Å². The molecule has 0 saturated carbocycles. The SMILES string of the molecule is Cc1cc(-c2cccc(S(=O)(=O)N3CCC(C(=O)O)CC3)c2)nc2ccccc12. The Morgan fingerprint density at radius 1 is 1.07 bits per heavy atom.